The van der Waals surface area contributed by atoms with E-state index in [1.54, 1.807) is 0 Å². The summed E-state index contributed by atoms with van der Waals surface area (Å²) in [4.78, 5) is 15.1. The smallest absolute Gasteiger partial charge is 0.179 e. The molecule has 2 rings (SSSR count). The standard InChI is InChI=1S/C17H24BrNO/c1-3-16-7-5-4-6-12-19(16)13(2)17(20)14-8-10-15(18)11-9-14/h8-11,13,16H,3-7,12H2,1-2H3. The maximum absolute atomic E-state index is 12.7. The largest absolute Gasteiger partial charge is 0.292 e. The molecule has 0 radical (unpaired) electrons. The lowest BCUT2D eigenvalue weighted by atomic mass is 10.0. The highest BCUT2D eigenvalue weighted by atomic mass is 79.9. The Morgan fingerprint density at radius 2 is 2.00 bits per heavy atom. The lowest BCUT2D eigenvalue weighted by Gasteiger charge is -2.33. The number of rotatable bonds is 4. The van der Waals surface area contributed by atoms with Gasteiger partial charge in [-0.3, -0.25) is 9.69 Å². The summed E-state index contributed by atoms with van der Waals surface area (Å²) in [5.41, 5.74) is 0.819. The molecule has 2 nitrogen and oxygen atoms in total. The second-order valence-corrected chi connectivity index (χ2v) is 6.61. The SMILES string of the molecule is CCC1CCCCCN1C(C)C(=O)c1ccc(Br)cc1. The van der Waals surface area contributed by atoms with Gasteiger partial charge in [-0.05, 0) is 44.9 Å². The van der Waals surface area contributed by atoms with Gasteiger partial charge in [0, 0.05) is 16.1 Å². The van der Waals surface area contributed by atoms with Gasteiger partial charge >= 0.3 is 0 Å². The van der Waals surface area contributed by atoms with Crippen molar-refractivity contribution in [3.05, 3.63) is 34.3 Å². The van der Waals surface area contributed by atoms with E-state index in [1.165, 1.54) is 25.7 Å². The van der Waals surface area contributed by atoms with E-state index in [9.17, 15) is 4.79 Å². The quantitative estimate of drug-likeness (QED) is 0.743. The number of carbonyl (C=O) groups is 1. The van der Waals surface area contributed by atoms with E-state index in [-0.39, 0.29) is 11.8 Å². The average Bonchev–Trinajstić information content (AvgIpc) is 2.71. The van der Waals surface area contributed by atoms with Crippen molar-refractivity contribution in [2.75, 3.05) is 6.54 Å². The summed E-state index contributed by atoms with van der Waals surface area (Å²) in [7, 11) is 0. The number of nitrogens with zero attached hydrogens (tertiary/aromatic N) is 1. The van der Waals surface area contributed by atoms with Gasteiger partial charge in [-0.1, -0.05) is 47.8 Å². The molecule has 0 amide bonds. The monoisotopic (exact) mass is 337 g/mol. The second kappa shape index (κ2) is 7.37. The van der Waals surface area contributed by atoms with Crippen LogP contribution in [-0.2, 0) is 0 Å². The van der Waals surface area contributed by atoms with Crippen LogP contribution in [0.2, 0.25) is 0 Å². The fraction of sp³-hybridized carbons (Fsp3) is 0.588. The van der Waals surface area contributed by atoms with Gasteiger partial charge in [0.05, 0.1) is 6.04 Å². The number of carbonyl (C=O) groups excluding carboxylic acids is 1. The zero-order valence-corrected chi connectivity index (χ0v) is 14.0. The van der Waals surface area contributed by atoms with Crippen LogP contribution in [0, 0.1) is 0 Å². The molecular weight excluding hydrogens is 314 g/mol. The average molecular weight is 338 g/mol. The van der Waals surface area contributed by atoms with E-state index in [1.807, 2.05) is 24.3 Å². The molecule has 3 heteroatoms. The predicted molar refractivity (Wildman–Crippen MR) is 87.2 cm³/mol. The molecular formula is C17H24BrNO. The Hall–Kier alpha value is -0.670. The predicted octanol–water partition coefficient (Wildman–Crippen LogP) is 4.67. The first-order chi connectivity index (χ1) is 9.63. The van der Waals surface area contributed by atoms with Crippen LogP contribution in [0.3, 0.4) is 0 Å². The van der Waals surface area contributed by atoms with Crippen LogP contribution in [0.4, 0.5) is 0 Å². The van der Waals surface area contributed by atoms with Crippen molar-refractivity contribution in [3.8, 4) is 0 Å². The van der Waals surface area contributed by atoms with Crippen LogP contribution < -0.4 is 0 Å². The van der Waals surface area contributed by atoms with Gasteiger partial charge in [0.15, 0.2) is 5.78 Å². The van der Waals surface area contributed by atoms with E-state index >= 15 is 0 Å². The van der Waals surface area contributed by atoms with Crippen molar-refractivity contribution >= 4 is 21.7 Å². The summed E-state index contributed by atoms with van der Waals surface area (Å²) in [6.07, 6.45) is 6.18. The minimum atomic E-state index is -0.0146. The fourth-order valence-corrected chi connectivity index (χ4v) is 3.42. The lowest BCUT2D eigenvalue weighted by Crippen LogP contribution is -2.45. The Labute approximate surface area is 130 Å². The Bertz CT molecular complexity index is 443. The Kier molecular flexibility index (Phi) is 5.79. The molecule has 0 saturated carbocycles. The highest BCUT2D eigenvalue weighted by molar-refractivity contribution is 9.10. The van der Waals surface area contributed by atoms with E-state index < -0.39 is 0 Å². The third-order valence-electron chi connectivity index (χ3n) is 4.40. The zero-order valence-electron chi connectivity index (χ0n) is 12.4. The number of Topliss-reactive ketones (excluding diaryl/α,β-unsaturated/α-hetero) is 1. The molecule has 20 heavy (non-hydrogen) atoms. The van der Waals surface area contributed by atoms with Crippen LogP contribution in [0.25, 0.3) is 0 Å². The minimum Gasteiger partial charge on any atom is -0.292 e. The maximum Gasteiger partial charge on any atom is 0.179 e. The van der Waals surface area contributed by atoms with Gasteiger partial charge in [-0.15, -0.1) is 0 Å². The summed E-state index contributed by atoms with van der Waals surface area (Å²) < 4.78 is 1.02. The third-order valence-corrected chi connectivity index (χ3v) is 4.93. The molecule has 2 atom stereocenters. The summed E-state index contributed by atoms with van der Waals surface area (Å²) in [6, 6.07) is 8.27. The highest BCUT2D eigenvalue weighted by Crippen LogP contribution is 2.23. The maximum atomic E-state index is 12.7. The normalized spacial score (nSPS) is 22.2. The van der Waals surface area contributed by atoms with Gasteiger partial charge in [0.25, 0.3) is 0 Å². The molecule has 0 bridgehead atoms. The van der Waals surface area contributed by atoms with Gasteiger partial charge < -0.3 is 0 Å². The molecule has 1 heterocycles. The van der Waals surface area contributed by atoms with Crippen LogP contribution in [0.1, 0.15) is 56.3 Å². The molecule has 1 aliphatic heterocycles. The summed E-state index contributed by atoms with van der Waals surface area (Å²) in [6.45, 7) is 5.36. The number of hydrogen-bond acceptors (Lipinski definition) is 2. The number of hydrogen-bond donors (Lipinski definition) is 0. The van der Waals surface area contributed by atoms with Crippen molar-refractivity contribution in [3.63, 3.8) is 0 Å². The van der Waals surface area contributed by atoms with Crippen molar-refractivity contribution in [2.45, 2.75) is 58.0 Å². The number of likely N-dealkylation sites (tertiary alicyclic amines) is 1. The molecule has 1 fully saturated rings. The molecule has 0 spiro atoms. The van der Waals surface area contributed by atoms with Crippen LogP contribution >= 0.6 is 15.9 Å². The van der Waals surface area contributed by atoms with Crippen molar-refractivity contribution in [1.29, 1.82) is 0 Å². The molecule has 0 aliphatic carbocycles. The van der Waals surface area contributed by atoms with Crippen LogP contribution in [0.5, 0.6) is 0 Å². The molecule has 1 aromatic carbocycles. The molecule has 1 aromatic rings. The first kappa shape index (κ1) is 15.7. The summed E-state index contributed by atoms with van der Waals surface area (Å²) in [5.74, 6) is 0.248. The van der Waals surface area contributed by atoms with Crippen molar-refractivity contribution in [1.82, 2.24) is 4.90 Å². The molecule has 2 unspecified atom stereocenters. The first-order valence-electron chi connectivity index (χ1n) is 7.69. The fourth-order valence-electron chi connectivity index (χ4n) is 3.15. The number of halogens is 1. The number of ketones is 1. The van der Waals surface area contributed by atoms with Gasteiger partial charge in [0.1, 0.15) is 0 Å². The van der Waals surface area contributed by atoms with Gasteiger partial charge in [-0.2, -0.15) is 0 Å². The topological polar surface area (TPSA) is 20.3 Å². The summed E-state index contributed by atoms with van der Waals surface area (Å²) in [5, 5.41) is 0. The Morgan fingerprint density at radius 3 is 2.65 bits per heavy atom. The van der Waals surface area contributed by atoms with Gasteiger partial charge in [0.2, 0.25) is 0 Å². The molecule has 0 aromatic heterocycles. The first-order valence-corrected chi connectivity index (χ1v) is 8.48. The summed E-state index contributed by atoms with van der Waals surface area (Å²) >= 11 is 3.42. The van der Waals surface area contributed by atoms with Crippen LogP contribution in [0.15, 0.2) is 28.7 Å². The van der Waals surface area contributed by atoms with E-state index in [0.29, 0.717) is 6.04 Å². The minimum absolute atomic E-state index is 0.0146. The Balaban J connectivity index is 2.13. The molecule has 0 N–H and O–H groups in total. The van der Waals surface area contributed by atoms with E-state index in [2.05, 4.69) is 34.7 Å². The lowest BCUT2D eigenvalue weighted by molar-refractivity contribution is 0.0758. The number of benzene rings is 1. The van der Waals surface area contributed by atoms with Crippen molar-refractivity contribution < 1.29 is 4.79 Å². The zero-order chi connectivity index (χ0) is 14.5. The van der Waals surface area contributed by atoms with E-state index in [4.69, 9.17) is 0 Å². The van der Waals surface area contributed by atoms with Crippen LogP contribution in [-0.4, -0.2) is 29.3 Å². The third kappa shape index (κ3) is 3.70. The molecule has 1 aliphatic rings. The van der Waals surface area contributed by atoms with E-state index in [0.717, 1.165) is 23.0 Å². The highest BCUT2D eigenvalue weighted by Gasteiger charge is 2.28. The van der Waals surface area contributed by atoms with Crippen molar-refractivity contribution in [2.24, 2.45) is 0 Å². The molecule has 110 valence electrons. The second-order valence-electron chi connectivity index (χ2n) is 5.70. The Morgan fingerprint density at radius 1 is 1.30 bits per heavy atom. The molecule has 1 saturated heterocycles. The van der Waals surface area contributed by atoms with Gasteiger partial charge in [-0.25, -0.2) is 0 Å².